The second-order valence-corrected chi connectivity index (χ2v) is 11.3. The van der Waals surface area contributed by atoms with Crippen LogP contribution in [0.25, 0.3) is 6.08 Å². The zero-order chi connectivity index (χ0) is 21.2. The molecule has 0 saturated heterocycles. The van der Waals surface area contributed by atoms with Crippen molar-refractivity contribution in [2.45, 2.75) is 103 Å². The van der Waals surface area contributed by atoms with Crippen LogP contribution in [0.2, 0.25) is 0 Å². The molecule has 0 saturated carbocycles. The van der Waals surface area contributed by atoms with Gasteiger partial charge in [0.15, 0.2) is 0 Å². The minimum Gasteiger partial charge on any atom is -0.373 e. The van der Waals surface area contributed by atoms with Gasteiger partial charge in [0.1, 0.15) is 13.0 Å². The number of rotatable bonds is 18. The van der Waals surface area contributed by atoms with Crippen LogP contribution in [0, 0.1) is 0 Å². The van der Waals surface area contributed by atoms with Gasteiger partial charge in [0.05, 0.1) is 0 Å². The highest BCUT2D eigenvalue weighted by atomic mass is 31.2. The van der Waals surface area contributed by atoms with Crippen molar-refractivity contribution >= 4 is 13.2 Å². The summed E-state index contributed by atoms with van der Waals surface area (Å²) < 4.78 is 19.8. The molecule has 0 spiro atoms. The van der Waals surface area contributed by atoms with E-state index in [0.29, 0.717) is 0 Å². The Morgan fingerprint density at radius 3 is 1.97 bits per heavy atom. The zero-order valence-electron chi connectivity index (χ0n) is 19.3. The summed E-state index contributed by atoms with van der Waals surface area (Å²) in [4.78, 5) is 0. The molecule has 166 valence electrons. The second-order valence-electron chi connectivity index (χ2n) is 8.32. The first kappa shape index (κ1) is 26.2. The molecule has 0 heterocycles. The molecule has 0 fully saturated rings. The van der Waals surface area contributed by atoms with E-state index in [2.05, 4.69) is 26.0 Å². The molecule has 29 heavy (non-hydrogen) atoms. The van der Waals surface area contributed by atoms with Crippen molar-refractivity contribution in [3.05, 3.63) is 41.7 Å². The van der Waals surface area contributed by atoms with Gasteiger partial charge in [0.2, 0.25) is 0 Å². The number of benzene rings is 1. The molecule has 0 aliphatic carbocycles. The Bertz CT molecular complexity index is 567. The van der Waals surface area contributed by atoms with Gasteiger partial charge in [-0.15, -0.1) is 0 Å². The Hall–Kier alpha value is -0.850. The standard InChI is InChI=1S/C26H45O2P/c1-4-6-8-10-12-17-21-26(28-3)29(27,23-18-13-11-9-7-5-2)24-22-25-19-15-14-16-20-25/h14-16,19-20,22,24,26H,4-13,17-18,21,23H2,1-3H3/b24-22+. The van der Waals surface area contributed by atoms with E-state index >= 15 is 0 Å². The van der Waals surface area contributed by atoms with Gasteiger partial charge in [-0.25, -0.2) is 0 Å². The predicted octanol–water partition coefficient (Wildman–Crippen LogP) is 9.10. The summed E-state index contributed by atoms with van der Waals surface area (Å²) in [7, 11) is -0.773. The zero-order valence-corrected chi connectivity index (χ0v) is 20.2. The molecule has 0 aliphatic rings. The van der Waals surface area contributed by atoms with Crippen molar-refractivity contribution in [1.82, 2.24) is 0 Å². The van der Waals surface area contributed by atoms with Crippen LogP contribution >= 0.6 is 7.14 Å². The smallest absolute Gasteiger partial charge is 0.136 e. The van der Waals surface area contributed by atoms with Crippen LogP contribution in [-0.2, 0) is 9.30 Å². The van der Waals surface area contributed by atoms with Crippen LogP contribution in [0.4, 0.5) is 0 Å². The summed E-state index contributed by atoms with van der Waals surface area (Å²) in [6, 6.07) is 10.2. The number of methoxy groups -OCH3 is 1. The van der Waals surface area contributed by atoms with Gasteiger partial charge >= 0.3 is 0 Å². The average Bonchev–Trinajstić information content (AvgIpc) is 2.75. The molecular weight excluding hydrogens is 375 g/mol. The lowest BCUT2D eigenvalue weighted by atomic mass is 10.1. The summed E-state index contributed by atoms with van der Waals surface area (Å²) in [5, 5.41) is 0. The molecule has 0 aromatic heterocycles. The lowest BCUT2D eigenvalue weighted by Crippen LogP contribution is -2.13. The summed E-state index contributed by atoms with van der Waals surface area (Å²) in [5.74, 6) is 1.86. The highest BCUT2D eigenvalue weighted by Crippen LogP contribution is 2.55. The van der Waals surface area contributed by atoms with Gasteiger partial charge in [-0.3, -0.25) is 0 Å². The van der Waals surface area contributed by atoms with E-state index in [0.717, 1.165) is 31.0 Å². The topological polar surface area (TPSA) is 26.3 Å². The predicted molar refractivity (Wildman–Crippen MR) is 130 cm³/mol. The van der Waals surface area contributed by atoms with Crippen LogP contribution in [0.1, 0.15) is 103 Å². The van der Waals surface area contributed by atoms with Crippen LogP contribution in [0.5, 0.6) is 0 Å². The van der Waals surface area contributed by atoms with E-state index in [1.807, 2.05) is 30.1 Å². The Labute approximate surface area is 180 Å². The maximum absolute atomic E-state index is 14.0. The molecule has 0 N–H and O–H groups in total. The first-order valence-electron chi connectivity index (χ1n) is 12.0. The molecule has 1 aromatic carbocycles. The number of hydrogen-bond acceptors (Lipinski definition) is 2. The molecule has 0 amide bonds. The Balaban J connectivity index is 2.67. The number of unbranched alkanes of at least 4 members (excludes halogenated alkanes) is 10. The quantitative estimate of drug-likeness (QED) is 0.175. The van der Waals surface area contributed by atoms with Crippen molar-refractivity contribution in [3.8, 4) is 0 Å². The van der Waals surface area contributed by atoms with Gasteiger partial charge < -0.3 is 9.30 Å². The van der Waals surface area contributed by atoms with Gasteiger partial charge in [-0.2, -0.15) is 0 Å². The SMILES string of the molecule is CCCCCCCCC(OC)P(=O)(/C=C/c1ccccc1)CCCCCCCC. The highest BCUT2D eigenvalue weighted by molar-refractivity contribution is 7.67. The fraction of sp³-hybridized carbons (Fsp3) is 0.692. The molecule has 2 atom stereocenters. The minimum absolute atomic E-state index is 0.135. The number of ether oxygens (including phenoxy) is 1. The molecule has 2 unspecified atom stereocenters. The molecule has 0 aliphatic heterocycles. The van der Waals surface area contributed by atoms with Crippen molar-refractivity contribution in [2.24, 2.45) is 0 Å². The fourth-order valence-electron chi connectivity index (χ4n) is 3.84. The molecule has 1 aromatic rings. The molecular formula is C26H45O2P. The Kier molecular flexibility index (Phi) is 15.3. The van der Waals surface area contributed by atoms with Crippen molar-refractivity contribution in [2.75, 3.05) is 13.3 Å². The van der Waals surface area contributed by atoms with E-state index < -0.39 is 7.14 Å². The van der Waals surface area contributed by atoms with Crippen molar-refractivity contribution < 1.29 is 9.30 Å². The fourth-order valence-corrected chi connectivity index (χ4v) is 6.59. The van der Waals surface area contributed by atoms with Gasteiger partial charge in [-0.1, -0.05) is 121 Å². The van der Waals surface area contributed by atoms with Crippen LogP contribution < -0.4 is 0 Å². The molecule has 3 heteroatoms. The number of hydrogen-bond donors (Lipinski definition) is 0. The lowest BCUT2D eigenvalue weighted by molar-refractivity contribution is 0.153. The van der Waals surface area contributed by atoms with E-state index in [1.54, 1.807) is 7.11 Å². The second kappa shape index (κ2) is 16.9. The normalized spacial score (nSPS) is 14.9. The summed E-state index contributed by atoms with van der Waals surface area (Å²) >= 11 is 0. The monoisotopic (exact) mass is 420 g/mol. The maximum atomic E-state index is 14.0. The summed E-state index contributed by atoms with van der Waals surface area (Å²) in [6.45, 7) is 4.49. The third-order valence-electron chi connectivity index (χ3n) is 5.74. The molecule has 0 bridgehead atoms. The third kappa shape index (κ3) is 11.8. The maximum Gasteiger partial charge on any atom is 0.136 e. The Morgan fingerprint density at radius 1 is 0.828 bits per heavy atom. The van der Waals surface area contributed by atoms with Crippen molar-refractivity contribution in [1.29, 1.82) is 0 Å². The summed E-state index contributed by atoms with van der Waals surface area (Å²) in [6.07, 6.45) is 18.6. The van der Waals surface area contributed by atoms with E-state index in [4.69, 9.17) is 4.74 Å². The molecule has 2 nitrogen and oxygen atoms in total. The lowest BCUT2D eigenvalue weighted by Gasteiger charge is -2.24. The van der Waals surface area contributed by atoms with Crippen LogP contribution in [-0.4, -0.2) is 19.1 Å². The average molecular weight is 421 g/mol. The highest BCUT2D eigenvalue weighted by Gasteiger charge is 2.29. The third-order valence-corrected chi connectivity index (χ3v) is 8.86. The summed E-state index contributed by atoms with van der Waals surface area (Å²) in [5.41, 5.74) is 1.12. The van der Waals surface area contributed by atoms with Gasteiger partial charge in [0, 0.05) is 13.3 Å². The molecule has 1 rings (SSSR count). The van der Waals surface area contributed by atoms with Crippen LogP contribution in [0.15, 0.2) is 36.1 Å². The van der Waals surface area contributed by atoms with Gasteiger partial charge in [0.25, 0.3) is 0 Å². The van der Waals surface area contributed by atoms with E-state index in [9.17, 15) is 4.57 Å². The first-order valence-corrected chi connectivity index (χ1v) is 14.0. The Morgan fingerprint density at radius 2 is 1.38 bits per heavy atom. The largest absolute Gasteiger partial charge is 0.373 e. The van der Waals surface area contributed by atoms with E-state index in [1.165, 1.54) is 64.2 Å². The van der Waals surface area contributed by atoms with Crippen molar-refractivity contribution in [3.63, 3.8) is 0 Å². The van der Waals surface area contributed by atoms with Crippen LogP contribution in [0.3, 0.4) is 0 Å². The minimum atomic E-state index is -2.51. The van der Waals surface area contributed by atoms with Gasteiger partial charge in [-0.05, 0) is 24.2 Å². The molecule has 0 radical (unpaired) electrons. The van der Waals surface area contributed by atoms with E-state index in [-0.39, 0.29) is 5.85 Å². The first-order chi connectivity index (χ1) is 14.2.